The summed E-state index contributed by atoms with van der Waals surface area (Å²) in [4.78, 5) is 16.4. The van der Waals surface area contributed by atoms with Gasteiger partial charge < -0.3 is 15.7 Å². The van der Waals surface area contributed by atoms with Gasteiger partial charge in [0.05, 0.1) is 16.2 Å². The van der Waals surface area contributed by atoms with Gasteiger partial charge in [-0.3, -0.25) is 9.69 Å². The molecule has 1 aliphatic rings. The number of amides is 1. The van der Waals surface area contributed by atoms with Crippen LogP contribution in [0.5, 0.6) is 0 Å². The Bertz CT molecular complexity index is 520. The van der Waals surface area contributed by atoms with E-state index < -0.39 is 5.60 Å². The first-order valence-electron chi connectivity index (χ1n) is 7.05. The lowest BCUT2D eigenvalue weighted by molar-refractivity contribution is 0.0178. The summed E-state index contributed by atoms with van der Waals surface area (Å²) < 4.78 is 0. The Kier molecular flexibility index (Phi) is 4.76. The molecule has 0 aliphatic carbocycles. The molecule has 0 bridgehead atoms. The number of carbonyl (C=O) groups excluding carboxylic acids is 1. The van der Waals surface area contributed by atoms with E-state index in [1.54, 1.807) is 36.9 Å². The molecule has 1 fully saturated rings. The maximum Gasteiger partial charge on any atom is 0.255 e. The maximum absolute atomic E-state index is 12.5. The van der Waals surface area contributed by atoms with E-state index in [4.69, 9.17) is 17.3 Å². The fourth-order valence-electron chi connectivity index (χ4n) is 2.53. The third-order valence-corrected chi connectivity index (χ3v) is 3.82. The van der Waals surface area contributed by atoms with Gasteiger partial charge in [0, 0.05) is 38.4 Å². The van der Waals surface area contributed by atoms with E-state index in [0.717, 1.165) is 13.1 Å². The Labute approximate surface area is 130 Å². The summed E-state index contributed by atoms with van der Waals surface area (Å²) >= 11 is 6.08. The van der Waals surface area contributed by atoms with Crippen molar-refractivity contribution in [1.82, 2.24) is 9.80 Å². The molecular formula is C15H22ClN3O2. The number of benzene rings is 1. The average Bonchev–Trinajstić information content (AvgIpc) is 2.40. The van der Waals surface area contributed by atoms with E-state index in [0.29, 0.717) is 35.9 Å². The molecule has 1 aliphatic heterocycles. The van der Waals surface area contributed by atoms with E-state index in [9.17, 15) is 9.90 Å². The van der Waals surface area contributed by atoms with Crippen molar-refractivity contribution in [2.45, 2.75) is 19.4 Å². The molecule has 5 nitrogen and oxygen atoms in total. The Balaban J connectivity index is 1.99. The van der Waals surface area contributed by atoms with Crippen LogP contribution in [0.1, 0.15) is 24.2 Å². The molecule has 1 saturated heterocycles. The maximum atomic E-state index is 12.5. The lowest BCUT2D eigenvalue weighted by atomic mass is 10.1. The van der Waals surface area contributed by atoms with Crippen LogP contribution in [0.4, 0.5) is 5.69 Å². The minimum absolute atomic E-state index is 0.0878. The molecule has 1 amide bonds. The Morgan fingerprint density at radius 2 is 1.95 bits per heavy atom. The zero-order chi connectivity index (χ0) is 15.6. The van der Waals surface area contributed by atoms with Crippen molar-refractivity contribution < 1.29 is 9.90 Å². The molecule has 116 valence electrons. The smallest absolute Gasteiger partial charge is 0.255 e. The number of β-amino-alcohol motifs (C(OH)–C–C–N with tert-alkyl or cyclic N) is 1. The third kappa shape index (κ3) is 4.33. The summed E-state index contributed by atoms with van der Waals surface area (Å²) in [6, 6.07) is 4.95. The van der Waals surface area contributed by atoms with Crippen LogP contribution < -0.4 is 5.73 Å². The van der Waals surface area contributed by atoms with Gasteiger partial charge in [-0.25, -0.2) is 0 Å². The average molecular weight is 312 g/mol. The van der Waals surface area contributed by atoms with E-state index in [1.165, 1.54) is 0 Å². The van der Waals surface area contributed by atoms with Crippen LogP contribution in [0, 0.1) is 0 Å². The molecule has 1 heterocycles. The highest BCUT2D eigenvalue weighted by Crippen LogP contribution is 2.21. The summed E-state index contributed by atoms with van der Waals surface area (Å²) in [5.74, 6) is -0.0878. The second-order valence-corrected chi connectivity index (χ2v) is 6.53. The zero-order valence-corrected chi connectivity index (χ0v) is 13.2. The minimum atomic E-state index is -0.719. The van der Waals surface area contributed by atoms with Crippen LogP contribution in [-0.2, 0) is 0 Å². The van der Waals surface area contributed by atoms with Gasteiger partial charge in [0.15, 0.2) is 0 Å². The van der Waals surface area contributed by atoms with Crippen LogP contribution in [0.3, 0.4) is 0 Å². The van der Waals surface area contributed by atoms with Crippen LogP contribution in [-0.4, -0.2) is 59.1 Å². The highest BCUT2D eigenvalue weighted by molar-refractivity contribution is 6.34. The first kappa shape index (κ1) is 16.1. The third-order valence-electron chi connectivity index (χ3n) is 3.49. The molecule has 0 spiro atoms. The fourth-order valence-corrected chi connectivity index (χ4v) is 2.73. The van der Waals surface area contributed by atoms with Gasteiger partial charge in [-0.1, -0.05) is 11.6 Å². The second-order valence-electron chi connectivity index (χ2n) is 6.12. The number of hydrogen-bond acceptors (Lipinski definition) is 4. The minimum Gasteiger partial charge on any atom is -0.399 e. The molecule has 6 heteroatoms. The van der Waals surface area contributed by atoms with Crippen LogP contribution in [0.25, 0.3) is 0 Å². The van der Waals surface area contributed by atoms with Crippen LogP contribution >= 0.6 is 11.6 Å². The highest BCUT2D eigenvalue weighted by Gasteiger charge is 2.26. The first-order chi connectivity index (χ1) is 9.76. The monoisotopic (exact) mass is 311 g/mol. The number of piperazine rings is 1. The van der Waals surface area contributed by atoms with E-state index >= 15 is 0 Å². The van der Waals surface area contributed by atoms with Gasteiger partial charge in [-0.15, -0.1) is 0 Å². The van der Waals surface area contributed by atoms with Crippen molar-refractivity contribution in [2.75, 3.05) is 38.5 Å². The topological polar surface area (TPSA) is 69.8 Å². The number of rotatable bonds is 3. The molecule has 3 N–H and O–H groups in total. The Morgan fingerprint density at radius 3 is 2.52 bits per heavy atom. The Morgan fingerprint density at radius 1 is 1.33 bits per heavy atom. The van der Waals surface area contributed by atoms with Crippen molar-refractivity contribution in [2.24, 2.45) is 0 Å². The summed E-state index contributed by atoms with van der Waals surface area (Å²) in [5, 5.41) is 10.3. The van der Waals surface area contributed by atoms with Gasteiger partial charge in [0.1, 0.15) is 0 Å². The zero-order valence-electron chi connectivity index (χ0n) is 12.5. The number of halogens is 1. The summed E-state index contributed by atoms with van der Waals surface area (Å²) in [7, 11) is 0. The van der Waals surface area contributed by atoms with Gasteiger partial charge in [0.25, 0.3) is 5.91 Å². The number of hydrogen-bond donors (Lipinski definition) is 2. The molecule has 0 atom stereocenters. The predicted octanol–water partition coefficient (Wildman–Crippen LogP) is 1.45. The van der Waals surface area contributed by atoms with Crippen LogP contribution in [0.2, 0.25) is 5.02 Å². The number of nitrogens with two attached hydrogens (primary N) is 1. The molecule has 21 heavy (non-hydrogen) atoms. The first-order valence-corrected chi connectivity index (χ1v) is 7.43. The fraction of sp³-hybridized carbons (Fsp3) is 0.533. The van der Waals surface area contributed by atoms with Gasteiger partial charge in [-0.05, 0) is 32.0 Å². The summed E-state index contributed by atoms with van der Waals surface area (Å²) in [5.41, 5.74) is 5.98. The number of carbonyl (C=O) groups is 1. The number of nitrogens with zero attached hydrogens (tertiary/aromatic N) is 2. The number of anilines is 1. The van der Waals surface area contributed by atoms with Crippen LogP contribution in [0.15, 0.2) is 18.2 Å². The molecule has 2 rings (SSSR count). The van der Waals surface area contributed by atoms with E-state index in [-0.39, 0.29) is 5.91 Å². The quantitative estimate of drug-likeness (QED) is 0.829. The van der Waals surface area contributed by atoms with Gasteiger partial charge >= 0.3 is 0 Å². The van der Waals surface area contributed by atoms with E-state index in [2.05, 4.69) is 4.90 Å². The van der Waals surface area contributed by atoms with Crippen molar-refractivity contribution in [3.63, 3.8) is 0 Å². The number of aliphatic hydroxyl groups is 1. The Hall–Kier alpha value is -1.30. The van der Waals surface area contributed by atoms with E-state index in [1.807, 2.05) is 0 Å². The van der Waals surface area contributed by atoms with Gasteiger partial charge in [0.2, 0.25) is 0 Å². The normalized spacial score (nSPS) is 17.0. The molecule has 0 aromatic heterocycles. The highest BCUT2D eigenvalue weighted by atomic mass is 35.5. The number of nitrogen functional groups attached to an aromatic ring is 1. The lowest BCUT2D eigenvalue weighted by Gasteiger charge is -2.37. The molecule has 0 unspecified atom stereocenters. The molecule has 1 aromatic carbocycles. The molecular weight excluding hydrogens is 290 g/mol. The van der Waals surface area contributed by atoms with Crippen molar-refractivity contribution in [1.29, 1.82) is 0 Å². The lowest BCUT2D eigenvalue weighted by Crippen LogP contribution is -2.52. The molecule has 0 saturated carbocycles. The van der Waals surface area contributed by atoms with Crippen molar-refractivity contribution >= 4 is 23.2 Å². The van der Waals surface area contributed by atoms with Crippen molar-refractivity contribution in [3.05, 3.63) is 28.8 Å². The summed E-state index contributed by atoms with van der Waals surface area (Å²) in [6.45, 7) is 6.92. The predicted molar refractivity (Wildman–Crippen MR) is 84.5 cm³/mol. The second kappa shape index (κ2) is 6.22. The summed E-state index contributed by atoms with van der Waals surface area (Å²) in [6.07, 6.45) is 0. The SMILES string of the molecule is CC(C)(O)CN1CCN(C(=O)c2cc(N)ccc2Cl)CC1. The van der Waals surface area contributed by atoms with Gasteiger partial charge in [-0.2, -0.15) is 0 Å². The molecule has 0 radical (unpaired) electrons. The largest absolute Gasteiger partial charge is 0.399 e. The van der Waals surface area contributed by atoms with Crippen molar-refractivity contribution in [3.8, 4) is 0 Å². The standard InChI is InChI=1S/C15H22ClN3O2/c1-15(2,21)10-18-5-7-19(8-6-18)14(20)12-9-11(17)3-4-13(12)16/h3-4,9,21H,5-8,10,17H2,1-2H3. The molecule has 1 aromatic rings.